The molecule has 1 aliphatic rings. The number of para-hydroxylation sites is 1. The summed E-state index contributed by atoms with van der Waals surface area (Å²) in [5.41, 5.74) is 4.89. The Labute approximate surface area is 108 Å². The Kier molecular flexibility index (Phi) is 2.83. The summed E-state index contributed by atoms with van der Waals surface area (Å²) in [4.78, 5) is 0. The normalized spacial score (nSPS) is 18.4. The molecule has 2 aromatic carbocycles. The lowest BCUT2D eigenvalue weighted by molar-refractivity contribution is 0.455. The molecule has 2 aromatic rings. The van der Waals surface area contributed by atoms with Crippen LogP contribution in [0, 0.1) is 6.92 Å². The molecule has 0 spiro atoms. The Morgan fingerprint density at radius 2 is 1.78 bits per heavy atom. The molecule has 0 amide bonds. The molecule has 0 radical (unpaired) electrons. The van der Waals surface area contributed by atoms with Gasteiger partial charge in [0.15, 0.2) is 0 Å². The van der Waals surface area contributed by atoms with Crippen molar-refractivity contribution in [1.82, 2.24) is 0 Å². The first-order chi connectivity index (χ1) is 8.77. The summed E-state index contributed by atoms with van der Waals surface area (Å²) >= 11 is 0. The summed E-state index contributed by atoms with van der Waals surface area (Å²) < 4.78 is 0. The van der Waals surface area contributed by atoms with Gasteiger partial charge in [0.2, 0.25) is 0 Å². The largest absolute Gasteiger partial charge is 0.507 e. The van der Waals surface area contributed by atoms with E-state index < -0.39 is 0 Å². The zero-order valence-corrected chi connectivity index (χ0v) is 10.7. The van der Waals surface area contributed by atoms with Crippen molar-refractivity contribution in [2.24, 2.45) is 0 Å². The molecule has 0 saturated carbocycles. The summed E-state index contributed by atoms with van der Waals surface area (Å²) in [6, 6.07) is 14.7. The van der Waals surface area contributed by atoms with E-state index in [9.17, 15) is 5.11 Å². The van der Waals surface area contributed by atoms with Gasteiger partial charge in [0.1, 0.15) is 5.75 Å². The number of rotatable bonds is 1. The average molecular weight is 238 g/mol. The van der Waals surface area contributed by atoms with Gasteiger partial charge in [-0.3, -0.25) is 0 Å². The van der Waals surface area contributed by atoms with Crippen LogP contribution in [0.4, 0.5) is 0 Å². The number of fused-ring (bicyclic) bond motifs is 1. The standard InChI is InChI=1S/C17H18O/c1-12-6-4-11-16(17(12)18)15-10-5-8-13-7-2-3-9-14(13)15/h2-4,6-7,9,11,15,18H,5,8,10H2,1H3. The highest BCUT2D eigenvalue weighted by Gasteiger charge is 2.23. The fourth-order valence-corrected chi connectivity index (χ4v) is 3.04. The molecule has 0 heterocycles. The number of phenols is 1. The van der Waals surface area contributed by atoms with Gasteiger partial charge < -0.3 is 5.11 Å². The van der Waals surface area contributed by atoms with E-state index in [1.54, 1.807) is 0 Å². The zero-order valence-electron chi connectivity index (χ0n) is 10.7. The molecule has 1 aliphatic carbocycles. The van der Waals surface area contributed by atoms with Gasteiger partial charge >= 0.3 is 0 Å². The fraction of sp³-hybridized carbons (Fsp3) is 0.294. The van der Waals surface area contributed by atoms with E-state index in [0.717, 1.165) is 17.5 Å². The van der Waals surface area contributed by atoms with Crippen molar-refractivity contribution in [3.8, 4) is 5.75 Å². The minimum absolute atomic E-state index is 0.356. The second kappa shape index (κ2) is 4.49. The summed E-state index contributed by atoms with van der Waals surface area (Å²) in [5.74, 6) is 0.828. The molecule has 0 aromatic heterocycles. The lowest BCUT2D eigenvalue weighted by Crippen LogP contribution is -2.11. The van der Waals surface area contributed by atoms with E-state index in [1.807, 2.05) is 19.1 Å². The Balaban J connectivity index is 2.11. The van der Waals surface area contributed by atoms with Gasteiger partial charge in [-0.25, -0.2) is 0 Å². The predicted octanol–water partition coefficient (Wildman–Crippen LogP) is 4.17. The second-order valence-electron chi connectivity index (χ2n) is 5.16. The average Bonchev–Trinajstić information content (AvgIpc) is 2.41. The van der Waals surface area contributed by atoms with Crippen molar-refractivity contribution in [3.05, 3.63) is 64.7 Å². The molecular weight excluding hydrogens is 220 g/mol. The number of hydrogen-bond acceptors (Lipinski definition) is 1. The van der Waals surface area contributed by atoms with Crippen LogP contribution >= 0.6 is 0 Å². The number of aromatic hydroxyl groups is 1. The molecular formula is C17H18O. The Hall–Kier alpha value is -1.76. The Morgan fingerprint density at radius 3 is 2.67 bits per heavy atom. The monoisotopic (exact) mass is 238 g/mol. The third-order valence-electron chi connectivity index (χ3n) is 4.01. The molecule has 0 saturated heterocycles. The molecule has 1 nitrogen and oxygen atoms in total. The first kappa shape index (κ1) is 11.3. The van der Waals surface area contributed by atoms with Crippen molar-refractivity contribution < 1.29 is 5.11 Å². The summed E-state index contributed by atoms with van der Waals surface area (Å²) in [6.07, 6.45) is 3.50. The lowest BCUT2D eigenvalue weighted by Gasteiger charge is -2.26. The Morgan fingerprint density at radius 1 is 1.00 bits per heavy atom. The molecule has 0 bridgehead atoms. The van der Waals surface area contributed by atoms with Crippen LogP contribution in [-0.4, -0.2) is 5.11 Å². The van der Waals surface area contributed by atoms with Crippen LogP contribution in [0.3, 0.4) is 0 Å². The van der Waals surface area contributed by atoms with E-state index >= 15 is 0 Å². The Bertz CT molecular complexity index is 572. The van der Waals surface area contributed by atoms with Crippen LogP contribution < -0.4 is 0 Å². The molecule has 92 valence electrons. The molecule has 0 fully saturated rings. The first-order valence-corrected chi connectivity index (χ1v) is 6.63. The third kappa shape index (κ3) is 1.80. The number of aryl methyl sites for hydroxylation is 2. The topological polar surface area (TPSA) is 20.2 Å². The smallest absolute Gasteiger partial charge is 0.122 e. The molecule has 1 unspecified atom stereocenters. The minimum Gasteiger partial charge on any atom is -0.507 e. The summed E-state index contributed by atoms with van der Waals surface area (Å²) in [5, 5.41) is 10.3. The SMILES string of the molecule is Cc1cccc(C2CCCc3ccccc32)c1O. The van der Waals surface area contributed by atoms with Crippen molar-refractivity contribution in [3.63, 3.8) is 0 Å². The van der Waals surface area contributed by atoms with E-state index in [1.165, 1.54) is 24.0 Å². The van der Waals surface area contributed by atoms with Crippen LogP contribution in [0.25, 0.3) is 0 Å². The van der Waals surface area contributed by atoms with Crippen LogP contribution in [0.1, 0.15) is 41.0 Å². The minimum atomic E-state index is 0.356. The summed E-state index contributed by atoms with van der Waals surface area (Å²) in [7, 11) is 0. The van der Waals surface area contributed by atoms with Crippen LogP contribution in [0.5, 0.6) is 5.75 Å². The molecule has 1 N–H and O–H groups in total. The fourth-order valence-electron chi connectivity index (χ4n) is 3.04. The van der Waals surface area contributed by atoms with Gasteiger partial charge in [0.05, 0.1) is 0 Å². The quantitative estimate of drug-likeness (QED) is 0.790. The molecule has 0 aliphatic heterocycles. The highest BCUT2D eigenvalue weighted by molar-refractivity contribution is 5.48. The van der Waals surface area contributed by atoms with Crippen LogP contribution in [-0.2, 0) is 6.42 Å². The van der Waals surface area contributed by atoms with E-state index in [2.05, 4.69) is 30.3 Å². The highest BCUT2D eigenvalue weighted by Crippen LogP contribution is 2.40. The molecule has 1 heteroatoms. The summed E-state index contributed by atoms with van der Waals surface area (Å²) in [6.45, 7) is 1.97. The van der Waals surface area contributed by atoms with Crippen molar-refractivity contribution in [1.29, 1.82) is 0 Å². The van der Waals surface area contributed by atoms with Gasteiger partial charge in [-0.1, -0.05) is 42.5 Å². The highest BCUT2D eigenvalue weighted by atomic mass is 16.3. The van der Waals surface area contributed by atoms with E-state index in [0.29, 0.717) is 11.7 Å². The van der Waals surface area contributed by atoms with Crippen molar-refractivity contribution in [2.45, 2.75) is 32.1 Å². The maximum atomic E-state index is 10.3. The number of hydrogen-bond donors (Lipinski definition) is 1. The van der Waals surface area contributed by atoms with Gasteiger partial charge in [0, 0.05) is 11.5 Å². The van der Waals surface area contributed by atoms with Crippen LogP contribution in [0.2, 0.25) is 0 Å². The maximum Gasteiger partial charge on any atom is 0.122 e. The lowest BCUT2D eigenvalue weighted by atomic mass is 9.78. The van der Waals surface area contributed by atoms with Gasteiger partial charge in [-0.05, 0) is 42.9 Å². The number of benzene rings is 2. The second-order valence-corrected chi connectivity index (χ2v) is 5.16. The van der Waals surface area contributed by atoms with Gasteiger partial charge in [0.25, 0.3) is 0 Å². The van der Waals surface area contributed by atoms with Crippen LogP contribution in [0.15, 0.2) is 42.5 Å². The van der Waals surface area contributed by atoms with Crippen molar-refractivity contribution in [2.75, 3.05) is 0 Å². The first-order valence-electron chi connectivity index (χ1n) is 6.63. The molecule has 18 heavy (non-hydrogen) atoms. The van der Waals surface area contributed by atoms with Gasteiger partial charge in [-0.2, -0.15) is 0 Å². The van der Waals surface area contributed by atoms with Crippen molar-refractivity contribution >= 4 is 0 Å². The van der Waals surface area contributed by atoms with E-state index in [4.69, 9.17) is 0 Å². The zero-order chi connectivity index (χ0) is 12.5. The molecule has 1 atom stereocenters. The van der Waals surface area contributed by atoms with E-state index in [-0.39, 0.29) is 0 Å². The number of phenolic OH excluding ortho intramolecular Hbond substituents is 1. The molecule has 3 rings (SSSR count). The predicted molar refractivity (Wildman–Crippen MR) is 74.1 cm³/mol. The third-order valence-corrected chi connectivity index (χ3v) is 4.01. The van der Waals surface area contributed by atoms with Gasteiger partial charge in [-0.15, -0.1) is 0 Å². The maximum absolute atomic E-state index is 10.3.